The molecule has 0 aromatic heterocycles. The van der Waals surface area contributed by atoms with Gasteiger partial charge in [-0.25, -0.2) is 0 Å². The average molecular weight is 368 g/mol. The number of β-amino-alcohol motifs (C(OH)–C–C–N with tert-alkyl or cyclic N) is 1. The predicted octanol–water partition coefficient (Wildman–Crippen LogP) is 0.324. The molecule has 1 saturated heterocycles. The number of carbonyl (C=O) groups excluding carboxylic acids is 3. The number of hydrogen-bond donors (Lipinski definition) is 3. The first-order chi connectivity index (χ1) is 11.6. The number of nitrogens with one attached hydrogen (secondary N) is 2. The minimum absolute atomic E-state index is 0. The van der Waals surface area contributed by atoms with E-state index in [9.17, 15) is 19.5 Å². The second-order valence-electron chi connectivity index (χ2n) is 6.16. The van der Waals surface area contributed by atoms with Crippen LogP contribution in [-0.4, -0.2) is 59.5 Å². The van der Waals surface area contributed by atoms with Crippen LogP contribution in [0.1, 0.15) is 40.0 Å². The van der Waals surface area contributed by atoms with E-state index in [0.29, 0.717) is 50.0 Å². The van der Waals surface area contributed by atoms with Crippen LogP contribution in [0, 0.1) is 0 Å². The first-order valence-corrected chi connectivity index (χ1v) is 8.22. The Hall–Kier alpha value is -1.96. The molecule has 2 aliphatic heterocycles. The van der Waals surface area contributed by atoms with Crippen LogP contribution < -0.4 is 10.6 Å². The summed E-state index contributed by atoms with van der Waals surface area (Å²) < 4.78 is 0. The van der Waals surface area contributed by atoms with Crippen LogP contribution in [0.25, 0.3) is 0 Å². The highest BCUT2D eigenvalue weighted by Crippen LogP contribution is 2.22. The molecule has 1 aromatic carbocycles. The van der Waals surface area contributed by atoms with E-state index in [1.54, 1.807) is 24.3 Å². The van der Waals surface area contributed by atoms with E-state index in [2.05, 4.69) is 10.6 Å². The monoisotopic (exact) mass is 367 g/mol. The summed E-state index contributed by atoms with van der Waals surface area (Å²) in [5.74, 6) is -0.611. The van der Waals surface area contributed by atoms with Gasteiger partial charge in [0.2, 0.25) is 5.91 Å². The van der Waals surface area contributed by atoms with Gasteiger partial charge in [-0.05, 0) is 31.4 Å². The fraction of sp³-hybridized carbons (Fsp3) is 0.471. The Morgan fingerprint density at radius 3 is 2.40 bits per heavy atom. The number of amides is 3. The van der Waals surface area contributed by atoms with Gasteiger partial charge in [0.15, 0.2) is 0 Å². The summed E-state index contributed by atoms with van der Waals surface area (Å²) in [7, 11) is 0. The van der Waals surface area contributed by atoms with Crippen molar-refractivity contribution in [3.63, 3.8) is 0 Å². The molecule has 8 heteroatoms. The quantitative estimate of drug-likeness (QED) is 0.497. The third-order valence-electron chi connectivity index (χ3n) is 4.41. The van der Waals surface area contributed by atoms with Gasteiger partial charge >= 0.3 is 0 Å². The normalized spacial score (nSPS) is 21.9. The molecule has 2 atom stereocenters. The van der Waals surface area contributed by atoms with Crippen LogP contribution in [-0.2, 0) is 4.79 Å². The number of imide groups is 1. The molecule has 3 N–H and O–H groups in total. The molecule has 2 heterocycles. The second-order valence-corrected chi connectivity index (χ2v) is 6.16. The molecular formula is C17H22ClN3O4. The Bertz CT molecular complexity index is 632. The van der Waals surface area contributed by atoms with Crippen molar-refractivity contribution in [3.8, 4) is 0 Å². The van der Waals surface area contributed by atoms with Gasteiger partial charge in [-0.3, -0.25) is 19.3 Å². The van der Waals surface area contributed by atoms with Crippen molar-refractivity contribution in [2.45, 2.75) is 31.4 Å². The highest BCUT2D eigenvalue weighted by atomic mass is 35.5. The Balaban J connectivity index is 0.00000225. The van der Waals surface area contributed by atoms with Crippen LogP contribution >= 0.6 is 12.4 Å². The summed E-state index contributed by atoms with van der Waals surface area (Å²) >= 11 is 0. The smallest absolute Gasteiger partial charge is 0.261 e. The molecule has 1 aromatic rings. The lowest BCUT2D eigenvalue weighted by Crippen LogP contribution is -2.40. The molecule has 2 aliphatic rings. The molecule has 136 valence electrons. The largest absolute Gasteiger partial charge is 0.392 e. The second kappa shape index (κ2) is 8.42. The van der Waals surface area contributed by atoms with Crippen molar-refractivity contribution < 1.29 is 19.5 Å². The molecule has 0 radical (unpaired) electrons. The first-order valence-electron chi connectivity index (χ1n) is 8.22. The van der Waals surface area contributed by atoms with Gasteiger partial charge in [0.25, 0.3) is 11.8 Å². The van der Waals surface area contributed by atoms with Crippen LogP contribution in [0.3, 0.4) is 0 Å². The number of hydrogen-bond acceptors (Lipinski definition) is 5. The van der Waals surface area contributed by atoms with Gasteiger partial charge in [-0.15, -0.1) is 12.4 Å². The van der Waals surface area contributed by atoms with Crippen molar-refractivity contribution in [2.24, 2.45) is 0 Å². The fourth-order valence-corrected chi connectivity index (χ4v) is 3.09. The number of fused-ring (bicyclic) bond motifs is 1. The molecule has 0 saturated carbocycles. The lowest BCUT2D eigenvalue weighted by molar-refractivity contribution is -0.122. The Morgan fingerprint density at radius 1 is 1.20 bits per heavy atom. The summed E-state index contributed by atoms with van der Waals surface area (Å²) in [4.78, 5) is 37.5. The number of rotatable bonds is 6. The first kappa shape index (κ1) is 19.4. The van der Waals surface area contributed by atoms with Gasteiger partial charge < -0.3 is 15.7 Å². The minimum atomic E-state index is -0.463. The van der Waals surface area contributed by atoms with Gasteiger partial charge in [0.1, 0.15) is 0 Å². The number of unbranched alkanes of at least 4 members (excludes halogenated alkanes) is 1. The Kier molecular flexibility index (Phi) is 6.52. The number of carbonyl (C=O) groups is 3. The molecule has 7 nitrogen and oxygen atoms in total. The Morgan fingerprint density at radius 2 is 1.84 bits per heavy atom. The summed E-state index contributed by atoms with van der Waals surface area (Å²) in [6.07, 6.45) is 1.27. The minimum Gasteiger partial charge on any atom is -0.392 e. The zero-order valence-electron chi connectivity index (χ0n) is 13.7. The molecule has 0 aliphatic carbocycles. The maximum absolute atomic E-state index is 12.2. The van der Waals surface area contributed by atoms with Crippen molar-refractivity contribution in [3.05, 3.63) is 35.4 Å². The van der Waals surface area contributed by atoms with E-state index >= 15 is 0 Å². The third kappa shape index (κ3) is 4.18. The van der Waals surface area contributed by atoms with Crippen molar-refractivity contribution in [2.75, 3.05) is 19.6 Å². The highest BCUT2D eigenvalue weighted by Gasteiger charge is 2.34. The molecule has 0 spiro atoms. The van der Waals surface area contributed by atoms with E-state index in [0.717, 1.165) is 0 Å². The molecular weight excluding hydrogens is 346 g/mol. The van der Waals surface area contributed by atoms with Gasteiger partial charge in [-0.2, -0.15) is 0 Å². The fourth-order valence-electron chi connectivity index (χ4n) is 3.09. The predicted molar refractivity (Wildman–Crippen MR) is 93.7 cm³/mol. The molecule has 3 rings (SSSR count). The van der Waals surface area contributed by atoms with E-state index in [1.807, 2.05) is 0 Å². The van der Waals surface area contributed by atoms with Crippen LogP contribution in [0.4, 0.5) is 0 Å². The van der Waals surface area contributed by atoms with Crippen molar-refractivity contribution >= 4 is 30.1 Å². The zero-order valence-corrected chi connectivity index (χ0v) is 14.6. The summed E-state index contributed by atoms with van der Waals surface area (Å²) in [6, 6.07) is 6.49. The van der Waals surface area contributed by atoms with Crippen LogP contribution in [0.5, 0.6) is 0 Å². The van der Waals surface area contributed by atoms with Gasteiger partial charge in [0.05, 0.1) is 23.3 Å². The summed E-state index contributed by atoms with van der Waals surface area (Å²) in [5, 5.41) is 15.2. The third-order valence-corrected chi connectivity index (χ3v) is 4.41. The number of aliphatic hydroxyl groups is 1. The number of halogens is 1. The lowest BCUT2D eigenvalue weighted by Gasteiger charge is -2.14. The SMILES string of the molecule is Cl.O=C(NCCCCN1C(=O)c2ccccc2C1=O)C1CC(O)CN1. The van der Waals surface area contributed by atoms with Gasteiger partial charge in [-0.1, -0.05) is 12.1 Å². The molecule has 2 unspecified atom stereocenters. The zero-order chi connectivity index (χ0) is 17.1. The van der Waals surface area contributed by atoms with Crippen molar-refractivity contribution in [1.82, 2.24) is 15.5 Å². The molecule has 1 fully saturated rings. The molecule has 25 heavy (non-hydrogen) atoms. The maximum atomic E-state index is 12.2. The topological polar surface area (TPSA) is 98.7 Å². The van der Waals surface area contributed by atoms with Crippen molar-refractivity contribution in [1.29, 1.82) is 0 Å². The highest BCUT2D eigenvalue weighted by molar-refractivity contribution is 6.21. The van der Waals surface area contributed by atoms with E-state index in [-0.39, 0.29) is 36.2 Å². The summed E-state index contributed by atoms with van der Waals surface area (Å²) in [5.41, 5.74) is 0.920. The van der Waals surface area contributed by atoms with E-state index < -0.39 is 6.10 Å². The lowest BCUT2D eigenvalue weighted by atomic mass is 10.1. The summed E-state index contributed by atoms with van der Waals surface area (Å²) in [6.45, 7) is 1.27. The molecule has 0 bridgehead atoms. The Labute approximate surface area is 152 Å². The standard InChI is InChI=1S/C17H21N3O4.ClH/c21-11-9-14(19-10-11)15(22)18-7-3-4-8-20-16(23)12-5-1-2-6-13(12)17(20)24;/h1-2,5-6,11,14,19,21H,3-4,7-10H2,(H,18,22);1H. The average Bonchev–Trinajstić information content (AvgIpc) is 3.12. The number of aliphatic hydroxyl groups excluding tert-OH is 1. The number of benzene rings is 1. The maximum Gasteiger partial charge on any atom is 0.261 e. The van der Waals surface area contributed by atoms with Gasteiger partial charge in [0, 0.05) is 19.6 Å². The van der Waals surface area contributed by atoms with E-state index in [4.69, 9.17) is 0 Å². The van der Waals surface area contributed by atoms with Crippen LogP contribution in [0.2, 0.25) is 0 Å². The van der Waals surface area contributed by atoms with E-state index in [1.165, 1.54) is 4.90 Å². The number of nitrogens with zero attached hydrogens (tertiary/aromatic N) is 1. The van der Waals surface area contributed by atoms with Crippen LogP contribution in [0.15, 0.2) is 24.3 Å². The molecule has 3 amide bonds.